The summed E-state index contributed by atoms with van der Waals surface area (Å²) in [6.45, 7) is 1.63. The van der Waals surface area contributed by atoms with Crippen molar-refractivity contribution in [3.8, 4) is 0 Å². The highest BCUT2D eigenvalue weighted by Gasteiger charge is 2.41. The van der Waals surface area contributed by atoms with Crippen LogP contribution in [-0.2, 0) is 19.9 Å². The Morgan fingerprint density at radius 2 is 2.18 bits per heavy atom. The minimum Gasteiger partial charge on any atom is -0.229 e. The molecule has 0 bridgehead atoms. The van der Waals surface area contributed by atoms with E-state index < -0.39 is 25.4 Å². The minimum absolute atomic E-state index is 0.0382. The van der Waals surface area contributed by atoms with Gasteiger partial charge in [0.2, 0.25) is 0 Å². The molecule has 0 spiro atoms. The second-order valence-electron chi connectivity index (χ2n) is 4.44. The fourth-order valence-electron chi connectivity index (χ4n) is 1.88. The van der Waals surface area contributed by atoms with Gasteiger partial charge in [0.25, 0.3) is 10.0 Å². The third kappa shape index (κ3) is 2.87. The van der Waals surface area contributed by atoms with E-state index in [0.717, 1.165) is 11.3 Å². The van der Waals surface area contributed by atoms with Gasteiger partial charge in [0.15, 0.2) is 9.84 Å². The molecule has 1 atom stereocenters. The third-order valence-electron chi connectivity index (χ3n) is 2.64. The van der Waals surface area contributed by atoms with Gasteiger partial charge in [0.05, 0.1) is 11.5 Å². The second kappa shape index (κ2) is 4.04. The molecule has 8 heteroatoms. The molecular weight excluding hydrogens is 282 g/mol. The van der Waals surface area contributed by atoms with Crippen LogP contribution in [0.4, 0.5) is 0 Å². The normalized spacial score (nSPS) is 28.3. The molecule has 1 saturated heterocycles. The van der Waals surface area contributed by atoms with Crippen LogP contribution in [0.5, 0.6) is 0 Å². The lowest BCUT2D eigenvalue weighted by atomic mass is 10.0. The van der Waals surface area contributed by atoms with E-state index in [4.69, 9.17) is 0 Å². The van der Waals surface area contributed by atoms with Crippen molar-refractivity contribution in [3.63, 3.8) is 0 Å². The van der Waals surface area contributed by atoms with Crippen molar-refractivity contribution in [1.82, 2.24) is 4.72 Å². The lowest BCUT2D eigenvalue weighted by Gasteiger charge is -2.22. The van der Waals surface area contributed by atoms with E-state index in [2.05, 4.69) is 4.72 Å². The van der Waals surface area contributed by atoms with Crippen molar-refractivity contribution >= 4 is 31.2 Å². The van der Waals surface area contributed by atoms with Crippen LogP contribution < -0.4 is 4.72 Å². The maximum absolute atomic E-state index is 12.0. The fraction of sp³-hybridized carbons (Fsp3) is 0.556. The smallest absolute Gasteiger partial charge is 0.229 e. The number of sulfonamides is 1. The summed E-state index contributed by atoms with van der Waals surface area (Å²) in [5.41, 5.74) is -0.887. The SMILES string of the molecule is C[C@@]1(NS(=O)(=O)c2cccs2)CCS(=O)(=O)C1. The maximum Gasteiger partial charge on any atom is 0.250 e. The molecule has 1 aliphatic rings. The molecular formula is C9H13NO4S3. The predicted octanol–water partition coefficient (Wildman–Crippen LogP) is 0.604. The van der Waals surface area contributed by atoms with E-state index in [1.165, 1.54) is 6.07 Å². The molecule has 1 aliphatic heterocycles. The summed E-state index contributed by atoms with van der Waals surface area (Å²) in [6.07, 6.45) is 0.319. The van der Waals surface area contributed by atoms with Gasteiger partial charge in [-0.25, -0.2) is 21.6 Å². The zero-order chi connectivity index (χ0) is 12.7. The molecule has 0 unspecified atom stereocenters. The zero-order valence-electron chi connectivity index (χ0n) is 9.21. The first-order valence-corrected chi connectivity index (χ1v) is 9.19. The van der Waals surface area contributed by atoms with Gasteiger partial charge in [-0.1, -0.05) is 6.07 Å². The van der Waals surface area contributed by atoms with Gasteiger partial charge in [-0.05, 0) is 24.8 Å². The van der Waals surface area contributed by atoms with Crippen molar-refractivity contribution in [2.75, 3.05) is 11.5 Å². The van der Waals surface area contributed by atoms with Crippen LogP contribution in [0.15, 0.2) is 21.7 Å². The number of thiophene rings is 1. The standard InChI is InChI=1S/C9H13NO4S3/c1-9(4-6-16(11,12)7-9)10-17(13,14)8-3-2-5-15-8/h2-3,5,10H,4,6-7H2,1H3/t9-/m1/s1. The van der Waals surface area contributed by atoms with Crippen LogP contribution in [0.2, 0.25) is 0 Å². The van der Waals surface area contributed by atoms with Crippen molar-refractivity contribution in [2.45, 2.75) is 23.1 Å². The summed E-state index contributed by atoms with van der Waals surface area (Å²) >= 11 is 1.11. The van der Waals surface area contributed by atoms with Gasteiger partial charge >= 0.3 is 0 Å². The van der Waals surface area contributed by atoms with Gasteiger partial charge in [-0.2, -0.15) is 0 Å². The van der Waals surface area contributed by atoms with Gasteiger partial charge in [-0.3, -0.25) is 0 Å². The number of rotatable bonds is 3. The molecule has 1 aromatic heterocycles. The fourth-order valence-corrected chi connectivity index (χ4v) is 6.49. The summed E-state index contributed by atoms with van der Waals surface area (Å²) < 4.78 is 49.4. The summed E-state index contributed by atoms with van der Waals surface area (Å²) in [4.78, 5) is 0. The lowest BCUT2D eigenvalue weighted by Crippen LogP contribution is -2.46. The molecule has 1 N–H and O–H groups in total. The number of hydrogen-bond acceptors (Lipinski definition) is 5. The Bertz CT molecular complexity index is 603. The highest BCUT2D eigenvalue weighted by Crippen LogP contribution is 2.26. The number of nitrogens with one attached hydrogen (secondary N) is 1. The predicted molar refractivity (Wildman–Crippen MR) is 66.3 cm³/mol. The first-order valence-electron chi connectivity index (χ1n) is 5.00. The van der Waals surface area contributed by atoms with Gasteiger partial charge < -0.3 is 0 Å². The lowest BCUT2D eigenvalue weighted by molar-refractivity contribution is 0.462. The van der Waals surface area contributed by atoms with Crippen LogP contribution in [0.1, 0.15) is 13.3 Å². The van der Waals surface area contributed by atoms with Gasteiger partial charge in [-0.15, -0.1) is 11.3 Å². The van der Waals surface area contributed by atoms with Gasteiger partial charge in [0, 0.05) is 5.54 Å². The zero-order valence-corrected chi connectivity index (χ0v) is 11.7. The largest absolute Gasteiger partial charge is 0.250 e. The quantitative estimate of drug-likeness (QED) is 0.885. The average Bonchev–Trinajstić information content (AvgIpc) is 2.72. The maximum atomic E-state index is 12.0. The van der Waals surface area contributed by atoms with Crippen molar-refractivity contribution in [3.05, 3.63) is 17.5 Å². The van der Waals surface area contributed by atoms with Crippen molar-refractivity contribution in [1.29, 1.82) is 0 Å². The van der Waals surface area contributed by atoms with Crippen molar-refractivity contribution < 1.29 is 16.8 Å². The van der Waals surface area contributed by atoms with Crippen LogP contribution >= 0.6 is 11.3 Å². The Kier molecular flexibility index (Phi) is 3.09. The van der Waals surface area contributed by atoms with Crippen LogP contribution in [0, 0.1) is 0 Å². The summed E-state index contributed by atoms with van der Waals surface area (Å²) in [5.74, 6) is -0.0962. The summed E-state index contributed by atoms with van der Waals surface area (Å²) in [5, 5.41) is 1.67. The van der Waals surface area contributed by atoms with Crippen LogP contribution in [-0.4, -0.2) is 33.9 Å². The van der Waals surface area contributed by atoms with E-state index in [1.807, 2.05) is 0 Å². The van der Waals surface area contributed by atoms with E-state index in [9.17, 15) is 16.8 Å². The minimum atomic E-state index is -3.60. The highest BCUT2D eigenvalue weighted by molar-refractivity contribution is 7.92. The number of hydrogen-bond donors (Lipinski definition) is 1. The molecule has 17 heavy (non-hydrogen) atoms. The molecule has 0 aromatic carbocycles. The average molecular weight is 295 g/mol. The van der Waals surface area contributed by atoms with E-state index in [1.54, 1.807) is 18.4 Å². The second-order valence-corrected chi connectivity index (χ2v) is 9.48. The molecule has 1 fully saturated rings. The molecule has 0 aliphatic carbocycles. The molecule has 2 rings (SSSR count). The molecule has 0 saturated carbocycles. The summed E-state index contributed by atoms with van der Waals surface area (Å²) in [7, 11) is -6.72. The first kappa shape index (κ1) is 13.0. The van der Waals surface area contributed by atoms with Crippen LogP contribution in [0.3, 0.4) is 0 Å². The first-order chi connectivity index (χ1) is 7.73. The molecule has 96 valence electrons. The van der Waals surface area contributed by atoms with Crippen molar-refractivity contribution in [2.24, 2.45) is 0 Å². The van der Waals surface area contributed by atoms with E-state index in [0.29, 0.717) is 6.42 Å². The Labute approximate surface area is 105 Å². The Hall–Kier alpha value is -0.440. The molecule has 0 radical (unpaired) electrons. The Balaban J connectivity index is 2.23. The Morgan fingerprint density at radius 3 is 2.65 bits per heavy atom. The number of sulfone groups is 1. The van der Waals surface area contributed by atoms with Crippen LogP contribution in [0.25, 0.3) is 0 Å². The molecule has 2 heterocycles. The summed E-state index contributed by atoms with van der Waals surface area (Å²) in [6, 6.07) is 3.15. The molecule has 0 amide bonds. The third-order valence-corrected chi connectivity index (χ3v) is 7.58. The van der Waals surface area contributed by atoms with Gasteiger partial charge in [0.1, 0.15) is 4.21 Å². The van der Waals surface area contributed by atoms with E-state index in [-0.39, 0.29) is 15.7 Å². The van der Waals surface area contributed by atoms with E-state index >= 15 is 0 Å². The topological polar surface area (TPSA) is 80.3 Å². The highest BCUT2D eigenvalue weighted by atomic mass is 32.2. The molecule has 5 nitrogen and oxygen atoms in total. The monoisotopic (exact) mass is 295 g/mol. The Morgan fingerprint density at radius 1 is 1.47 bits per heavy atom. The molecule has 1 aromatic rings.